The molecule has 172 valence electrons. The normalized spacial score (nSPS) is 34.6. The van der Waals surface area contributed by atoms with Crippen LogP contribution in [0.4, 0.5) is 5.69 Å². The molecule has 0 aromatic heterocycles. The number of methoxy groups -OCH3 is 1. The van der Waals surface area contributed by atoms with Crippen LogP contribution in [0, 0.1) is 11.8 Å². The largest absolute Gasteiger partial charge is 0.497 e. The summed E-state index contributed by atoms with van der Waals surface area (Å²) in [4.78, 5) is 28.8. The Balaban J connectivity index is 1.36. The van der Waals surface area contributed by atoms with Crippen LogP contribution in [-0.2, 0) is 14.3 Å². The standard InChI is InChI=1S/C25H33N3O4/c1-23(2)12-15(13-24(3,4)27-23)26-21(29)19-18-10-11-25(32-18)14-28(22(30)20(19)25)16-6-8-17(31-5)9-7-16/h6-11,15,18-20,27H,12-14H2,1-5H3,(H,26,29)/t18-,19?,20?,25-/m1/s1. The number of nitrogens with one attached hydrogen (secondary N) is 2. The first-order valence-electron chi connectivity index (χ1n) is 11.4. The van der Waals surface area contributed by atoms with Gasteiger partial charge in [0.15, 0.2) is 0 Å². The Morgan fingerprint density at radius 2 is 1.81 bits per heavy atom. The SMILES string of the molecule is COc1ccc(N2C[C@@]34C=C[C@@H](O3)C(C(=O)NC3CC(C)(C)NC(C)(C)C3)C4C2=O)cc1. The highest BCUT2D eigenvalue weighted by Crippen LogP contribution is 2.52. The summed E-state index contributed by atoms with van der Waals surface area (Å²) in [5.41, 5.74) is -0.0714. The van der Waals surface area contributed by atoms with E-state index in [9.17, 15) is 9.59 Å². The second kappa shape index (κ2) is 7.06. The smallest absolute Gasteiger partial charge is 0.234 e. The number of benzene rings is 1. The summed E-state index contributed by atoms with van der Waals surface area (Å²) in [5.74, 6) is -0.386. The van der Waals surface area contributed by atoms with Crippen molar-refractivity contribution < 1.29 is 19.1 Å². The van der Waals surface area contributed by atoms with Gasteiger partial charge in [-0.2, -0.15) is 0 Å². The predicted molar refractivity (Wildman–Crippen MR) is 122 cm³/mol. The average molecular weight is 440 g/mol. The van der Waals surface area contributed by atoms with Gasteiger partial charge < -0.3 is 25.0 Å². The highest BCUT2D eigenvalue weighted by atomic mass is 16.5. The van der Waals surface area contributed by atoms with Gasteiger partial charge in [-0.15, -0.1) is 0 Å². The van der Waals surface area contributed by atoms with Gasteiger partial charge in [-0.3, -0.25) is 9.59 Å². The number of hydrogen-bond donors (Lipinski definition) is 2. The number of carbonyl (C=O) groups is 2. The summed E-state index contributed by atoms with van der Waals surface area (Å²) >= 11 is 0. The molecule has 4 aliphatic heterocycles. The van der Waals surface area contributed by atoms with Crippen molar-refractivity contribution in [2.45, 2.75) is 69.4 Å². The van der Waals surface area contributed by atoms with E-state index < -0.39 is 17.4 Å². The minimum Gasteiger partial charge on any atom is -0.497 e. The zero-order valence-corrected chi connectivity index (χ0v) is 19.5. The summed E-state index contributed by atoms with van der Waals surface area (Å²) in [6, 6.07) is 7.49. The van der Waals surface area contributed by atoms with Crippen LogP contribution in [0.25, 0.3) is 0 Å². The number of amides is 2. The van der Waals surface area contributed by atoms with Gasteiger partial charge in [0.25, 0.3) is 0 Å². The Bertz CT molecular complexity index is 954. The van der Waals surface area contributed by atoms with E-state index in [0.29, 0.717) is 6.54 Å². The minimum absolute atomic E-state index is 0.0480. The molecule has 32 heavy (non-hydrogen) atoms. The number of rotatable bonds is 4. The third-order valence-electron chi connectivity index (χ3n) is 7.32. The van der Waals surface area contributed by atoms with E-state index in [1.54, 1.807) is 12.0 Å². The van der Waals surface area contributed by atoms with Crippen molar-refractivity contribution >= 4 is 17.5 Å². The molecule has 3 fully saturated rings. The molecule has 0 radical (unpaired) electrons. The van der Waals surface area contributed by atoms with Crippen LogP contribution in [0.1, 0.15) is 40.5 Å². The highest BCUT2D eigenvalue weighted by Gasteiger charge is 2.67. The van der Waals surface area contributed by atoms with E-state index in [-0.39, 0.29) is 35.0 Å². The second-order valence-electron chi connectivity index (χ2n) is 11.0. The Hall–Kier alpha value is -2.38. The summed E-state index contributed by atoms with van der Waals surface area (Å²) < 4.78 is 11.5. The van der Waals surface area contributed by atoms with Crippen molar-refractivity contribution in [3.63, 3.8) is 0 Å². The van der Waals surface area contributed by atoms with Gasteiger partial charge in [-0.1, -0.05) is 12.2 Å². The van der Waals surface area contributed by atoms with E-state index in [2.05, 4.69) is 38.3 Å². The number of hydrogen-bond acceptors (Lipinski definition) is 5. The van der Waals surface area contributed by atoms with Crippen LogP contribution in [0.2, 0.25) is 0 Å². The molecule has 2 N–H and O–H groups in total. The molecule has 1 aromatic carbocycles. The molecule has 7 heteroatoms. The molecule has 1 spiro atoms. The number of nitrogens with zero attached hydrogens (tertiary/aromatic N) is 1. The molecule has 2 bridgehead atoms. The summed E-state index contributed by atoms with van der Waals surface area (Å²) in [6.07, 6.45) is 5.30. The number of fused-ring (bicyclic) bond motifs is 1. The Kier molecular flexibility index (Phi) is 4.73. The van der Waals surface area contributed by atoms with Crippen molar-refractivity contribution in [2.24, 2.45) is 11.8 Å². The Morgan fingerprint density at radius 3 is 2.44 bits per heavy atom. The van der Waals surface area contributed by atoms with Gasteiger partial charge in [0.2, 0.25) is 11.8 Å². The number of ether oxygens (including phenoxy) is 2. The lowest BCUT2D eigenvalue weighted by molar-refractivity contribution is -0.132. The summed E-state index contributed by atoms with van der Waals surface area (Å²) in [6.45, 7) is 9.09. The first kappa shape index (κ1) is 21.5. The van der Waals surface area contributed by atoms with E-state index in [1.807, 2.05) is 36.4 Å². The van der Waals surface area contributed by atoms with Crippen LogP contribution < -0.4 is 20.3 Å². The van der Waals surface area contributed by atoms with E-state index in [1.165, 1.54) is 0 Å². The third kappa shape index (κ3) is 3.42. The third-order valence-corrected chi connectivity index (χ3v) is 7.32. The van der Waals surface area contributed by atoms with Crippen molar-refractivity contribution in [3.05, 3.63) is 36.4 Å². The van der Waals surface area contributed by atoms with Gasteiger partial charge in [0.1, 0.15) is 11.4 Å². The molecule has 2 amide bonds. The van der Waals surface area contributed by atoms with Gasteiger partial charge >= 0.3 is 0 Å². The molecule has 5 rings (SSSR count). The maximum atomic E-state index is 13.5. The fraction of sp³-hybridized carbons (Fsp3) is 0.600. The van der Waals surface area contributed by atoms with E-state index in [4.69, 9.17) is 9.47 Å². The Labute approximate surface area is 189 Å². The fourth-order valence-electron chi connectivity index (χ4n) is 6.50. The molecule has 7 nitrogen and oxygen atoms in total. The lowest BCUT2D eigenvalue weighted by Crippen LogP contribution is -2.62. The molecule has 4 aliphatic rings. The highest BCUT2D eigenvalue weighted by molar-refractivity contribution is 6.03. The van der Waals surface area contributed by atoms with Crippen molar-refractivity contribution in [3.8, 4) is 5.75 Å². The van der Waals surface area contributed by atoms with Crippen LogP contribution in [0.3, 0.4) is 0 Å². The van der Waals surface area contributed by atoms with Crippen molar-refractivity contribution in [1.82, 2.24) is 10.6 Å². The van der Waals surface area contributed by atoms with E-state index in [0.717, 1.165) is 24.3 Å². The fourth-order valence-corrected chi connectivity index (χ4v) is 6.50. The van der Waals surface area contributed by atoms with Crippen LogP contribution in [0.5, 0.6) is 5.75 Å². The first-order valence-corrected chi connectivity index (χ1v) is 11.4. The molecule has 0 aliphatic carbocycles. The van der Waals surface area contributed by atoms with Gasteiger partial charge in [-0.05, 0) is 64.8 Å². The van der Waals surface area contributed by atoms with E-state index >= 15 is 0 Å². The molecule has 1 aromatic rings. The van der Waals surface area contributed by atoms with Gasteiger partial charge in [0.05, 0.1) is 31.6 Å². The zero-order valence-electron chi connectivity index (χ0n) is 19.5. The maximum absolute atomic E-state index is 13.5. The molecule has 3 saturated heterocycles. The number of piperidine rings is 1. The van der Waals surface area contributed by atoms with Crippen LogP contribution in [0.15, 0.2) is 36.4 Å². The predicted octanol–water partition coefficient (Wildman–Crippen LogP) is 2.41. The quantitative estimate of drug-likeness (QED) is 0.705. The molecule has 4 heterocycles. The van der Waals surface area contributed by atoms with Gasteiger partial charge in [0, 0.05) is 22.8 Å². The monoisotopic (exact) mass is 439 g/mol. The lowest BCUT2D eigenvalue weighted by Gasteiger charge is -2.47. The van der Waals surface area contributed by atoms with Crippen LogP contribution >= 0.6 is 0 Å². The molecule has 0 saturated carbocycles. The van der Waals surface area contributed by atoms with Crippen molar-refractivity contribution in [1.29, 1.82) is 0 Å². The zero-order chi connectivity index (χ0) is 22.9. The van der Waals surface area contributed by atoms with Crippen LogP contribution in [-0.4, -0.2) is 54.3 Å². The number of anilines is 1. The topological polar surface area (TPSA) is 79.9 Å². The molecule has 4 atom stereocenters. The lowest BCUT2D eigenvalue weighted by atomic mass is 9.75. The second-order valence-corrected chi connectivity index (χ2v) is 11.0. The minimum atomic E-state index is -0.726. The van der Waals surface area contributed by atoms with Crippen molar-refractivity contribution in [2.75, 3.05) is 18.6 Å². The molecule has 2 unspecified atom stereocenters. The Morgan fingerprint density at radius 1 is 1.16 bits per heavy atom. The van der Waals surface area contributed by atoms with Gasteiger partial charge in [-0.25, -0.2) is 0 Å². The summed E-state index contributed by atoms with van der Waals surface area (Å²) in [5, 5.41) is 6.93. The summed E-state index contributed by atoms with van der Waals surface area (Å²) in [7, 11) is 1.62. The molecular formula is C25H33N3O4. The number of carbonyl (C=O) groups excluding carboxylic acids is 2. The maximum Gasteiger partial charge on any atom is 0.234 e. The first-order chi connectivity index (χ1) is 15.0. The average Bonchev–Trinajstić information content (AvgIpc) is 3.34. The molecular weight excluding hydrogens is 406 g/mol.